The third kappa shape index (κ3) is 5.96. The van der Waals surface area contributed by atoms with Crippen molar-refractivity contribution in [3.8, 4) is 11.5 Å². The molecule has 0 spiro atoms. The van der Waals surface area contributed by atoms with Crippen LogP contribution in [0.4, 0.5) is 5.69 Å². The van der Waals surface area contributed by atoms with Gasteiger partial charge in [-0.25, -0.2) is 0 Å². The van der Waals surface area contributed by atoms with Crippen LogP contribution in [-0.2, 0) is 20.9 Å². The smallest absolute Gasteiger partial charge is 0.257 e. The average Bonchev–Trinajstić information content (AvgIpc) is 2.90. The van der Waals surface area contributed by atoms with Crippen molar-refractivity contribution >= 4 is 23.4 Å². The van der Waals surface area contributed by atoms with Gasteiger partial charge in [0.1, 0.15) is 24.2 Å². The summed E-state index contributed by atoms with van der Waals surface area (Å²) in [6.07, 6.45) is 1.36. The summed E-state index contributed by atoms with van der Waals surface area (Å²) < 4.78 is 17.4. The van der Waals surface area contributed by atoms with Crippen LogP contribution in [0, 0.1) is 0 Å². The Morgan fingerprint density at radius 3 is 2.61 bits per heavy atom. The van der Waals surface area contributed by atoms with Crippen molar-refractivity contribution in [1.82, 2.24) is 10.2 Å². The minimum atomic E-state index is -0.347. The first kappa shape index (κ1) is 25.5. The number of amides is 3. The Morgan fingerprint density at radius 1 is 1.11 bits per heavy atom. The quantitative estimate of drug-likeness (QED) is 0.611. The number of carbonyl (C=O) groups excluding carboxylic acids is 3. The highest BCUT2D eigenvalue weighted by atomic mass is 16.5. The number of benzene rings is 2. The van der Waals surface area contributed by atoms with Crippen molar-refractivity contribution in [2.75, 3.05) is 26.1 Å². The molecule has 2 aliphatic rings. The molecule has 4 rings (SSSR count). The Hall–Kier alpha value is -3.59. The molecule has 9 heteroatoms. The summed E-state index contributed by atoms with van der Waals surface area (Å²) in [7, 11) is 3.38. The predicted molar refractivity (Wildman–Crippen MR) is 134 cm³/mol. The largest absolute Gasteiger partial charge is 0.497 e. The van der Waals surface area contributed by atoms with Crippen LogP contribution in [0.15, 0.2) is 42.5 Å². The van der Waals surface area contributed by atoms with Crippen LogP contribution in [0.2, 0.25) is 0 Å². The molecule has 2 N–H and O–H groups in total. The second-order valence-electron chi connectivity index (χ2n) is 9.11. The molecule has 0 aliphatic carbocycles. The van der Waals surface area contributed by atoms with E-state index >= 15 is 0 Å². The number of carbonyl (C=O) groups is 3. The number of likely N-dealkylation sites (N-methyl/N-ethyl adjacent to an activating group) is 1. The lowest BCUT2D eigenvalue weighted by atomic mass is 9.94. The van der Waals surface area contributed by atoms with Gasteiger partial charge in [-0.2, -0.15) is 0 Å². The Balaban J connectivity index is 1.36. The van der Waals surface area contributed by atoms with E-state index in [2.05, 4.69) is 10.6 Å². The zero-order chi connectivity index (χ0) is 25.7. The number of hydrogen-bond acceptors (Lipinski definition) is 6. The number of ether oxygens (including phenoxy) is 3. The highest BCUT2D eigenvalue weighted by molar-refractivity contribution is 5.99. The maximum absolute atomic E-state index is 13.3. The summed E-state index contributed by atoms with van der Waals surface area (Å²) >= 11 is 0. The molecule has 3 amide bonds. The van der Waals surface area contributed by atoms with Crippen molar-refractivity contribution in [3.63, 3.8) is 0 Å². The first-order valence-electron chi connectivity index (χ1n) is 12.3. The third-order valence-electron chi connectivity index (χ3n) is 6.68. The SMILES string of the molecule is CCC(=O)Nc1ccc2c(c1)C(=O)N(C)[C@@H]1CC[C@H](CC(=O)NCc3ccc(OC)cc3)O[C@@H]1CO2. The normalized spacial score (nSPS) is 21.2. The Bertz CT molecular complexity index is 1100. The molecule has 2 heterocycles. The molecule has 2 aromatic carbocycles. The summed E-state index contributed by atoms with van der Waals surface area (Å²) in [6.45, 7) is 2.46. The van der Waals surface area contributed by atoms with Crippen LogP contribution in [0.25, 0.3) is 0 Å². The minimum absolute atomic E-state index is 0.0857. The molecular weight excluding hydrogens is 462 g/mol. The van der Waals surface area contributed by atoms with Gasteiger partial charge in [0.15, 0.2) is 0 Å². The molecule has 9 nitrogen and oxygen atoms in total. The second-order valence-corrected chi connectivity index (χ2v) is 9.11. The number of nitrogens with one attached hydrogen (secondary N) is 2. The van der Waals surface area contributed by atoms with E-state index in [9.17, 15) is 14.4 Å². The van der Waals surface area contributed by atoms with Gasteiger partial charge >= 0.3 is 0 Å². The van der Waals surface area contributed by atoms with Gasteiger partial charge in [-0.15, -0.1) is 0 Å². The van der Waals surface area contributed by atoms with Crippen LogP contribution < -0.4 is 20.1 Å². The standard InChI is InChI=1S/C27H33N3O6/c1-4-25(31)29-18-7-12-23-21(13-18)27(33)30(2)22-11-10-20(36-24(22)16-35-23)14-26(32)28-15-17-5-8-19(34-3)9-6-17/h5-9,12-13,20,22,24H,4,10-11,14-16H2,1-3H3,(H,28,32)(H,29,31)/t20-,22-,24-/m1/s1. The molecular formula is C27H33N3O6. The van der Waals surface area contributed by atoms with E-state index in [1.807, 2.05) is 24.3 Å². The maximum atomic E-state index is 13.3. The number of fused-ring (bicyclic) bond motifs is 2. The Labute approximate surface area is 211 Å². The van der Waals surface area contributed by atoms with Crippen LogP contribution in [-0.4, -0.2) is 61.6 Å². The van der Waals surface area contributed by atoms with E-state index in [1.165, 1.54) is 0 Å². The summed E-state index contributed by atoms with van der Waals surface area (Å²) in [5, 5.41) is 5.73. The number of hydrogen-bond donors (Lipinski definition) is 2. The van der Waals surface area contributed by atoms with Crippen molar-refractivity contribution in [2.24, 2.45) is 0 Å². The third-order valence-corrected chi connectivity index (χ3v) is 6.68. The second kappa shape index (κ2) is 11.4. The number of nitrogens with zero attached hydrogens (tertiary/aromatic N) is 1. The molecule has 0 bridgehead atoms. The first-order chi connectivity index (χ1) is 17.4. The Kier molecular flexibility index (Phi) is 8.10. The van der Waals surface area contributed by atoms with Gasteiger partial charge in [-0.05, 0) is 48.7 Å². The van der Waals surface area contributed by atoms with Crippen molar-refractivity contribution < 1.29 is 28.6 Å². The van der Waals surface area contributed by atoms with Gasteiger partial charge in [-0.3, -0.25) is 14.4 Å². The molecule has 1 saturated heterocycles. The monoisotopic (exact) mass is 495 g/mol. The lowest BCUT2D eigenvalue weighted by Crippen LogP contribution is -2.53. The molecule has 192 valence electrons. The van der Waals surface area contributed by atoms with Crippen LogP contribution >= 0.6 is 0 Å². The summed E-state index contributed by atoms with van der Waals surface area (Å²) in [5.74, 6) is 0.820. The summed E-state index contributed by atoms with van der Waals surface area (Å²) in [4.78, 5) is 39.3. The molecule has 0 saturated carbocycles. The van der Waals surface area contributed by atoms with E-state index in [-0.39, 0.29) is 49.0 Å². The van der Waals surface area contributed by atoms with E-state index in [0.29, 0.717) is 42.8 Å². The fourth-order valence-corrected chi connectivity index (χ4v) is 4.58. The predicted octanol–water partition coefficient (Wildman–Crippen LogP) is 3.13. The van der Waals surface area contributed by atoms with E-state index in [4.69, 9.17) is 14.2 Å². The fraction of sp³-hybridized carbons (Fsp3) is 0.444. The molecule has 0 aromatic heterocycles. The lowest BCUT2D eigenvalue weighted by molar-refractivity contribution is -0.134. The van der Waals surface area contributed by atoms with Crippen LogP contribution in [0.1, 0.15) is 48.5 Å². The molecule has 36 heavy (non-hydrogen) atoms. The molecule has 0 radical (unpaired) electrons. The fourth-order valence-electron chi connectivity index (χ4n) is 4.58. The van der Waals surface area contributed by atoms with Gasteiger partial charge in [0.05, 0.1) is 31.2 Å². The summed E-state index contributed by atoms with van der Waals surface area (Å²) in [6, 6.07) is 12.4. The first-order valence-corrected chi connectivity index (χ1v) is 12.3. The van der Waals surface area contributed by atoms with Gasteiger partial charge in [0.2, 0.25) is 11.8 Å². The highest BCUT2D eigenvalue weighted by Crippen LogP contribution is 2.32. The topological polar surface area (TPSA) is 106 Å². The van der Waals surface area contributed by atoms with E-state index in [0.717, 1.165) is 11.3 Å². The molecule has 2 aromatic rings. The molecule has 1 fully saturated rings. The maximum Gasteiger partial charge on any atom is 0.257 e. The number of anilines is 1. The van der Waals surface area contributed by atoms with E-state index in [1.54, 1.807) is 44.2 Å². The number of rotatable bonds is 7. The summed E-state index contributed by atoms with van der Waals surface area (Å²) in [5.41, 5.74) is 1.95. The average molecular weight is 496 g/mol. The minimum Gasteiger partial charge on any atom is -0.497 e. The number of methoxy groups -OCH3 is 1. The zero-order valence-electron chi connectivity index (χ0n) is 20.9. The Morgan fingerprint density at radius 2 is 1.89 bits per heavy atom. The van der Waals surface area contributed by atoms with Crippen molar-refractivity contribution in [3.05, 3.63) is 53.6 Å². The van der Waals surface area contributed by atoms with Crippen LogP contribution in [0.3, 0.4) is 0 Å². The highest BCUT2D eigenvalue weighted by Gasteiger charge is 2.39. The zero-order valence-corrected chi connectivity index (χ0v) is 20.9. The molecule has 0 unspecified atom stereocenters. The lowest BCUT2D eigenvalue weighted by Gasteiger charge is -2.42. The van der Waals surface area contributed by atoms with Crippen molar-refractivity contribution in [1.29, 1.82) is 0 Å². The van der Waals surface area contributed by atoms with Crippen LogP contribution in [0.5, 0.6) is 11.5 Å². The van der Waals surface area contributed by atoms with Gasteiger partial charge < -0.3 is 29.7 Å². The van der Waals surface area contributed by atoms with Crippen molar-refractivity contribution in [2.45, 2.75) is 57.4 Å². The van der Waals surface area contributed by atoms with Gasteiger partial charge in [0, 0.05) is 25.7 Å². The van der Waals surface area contributed by atoms with E-state index < -0.39 is 0 Å². The molecule has 3 atom stereocenters. The van der Waals surface area contributed by atoms with Gasteiger partial charge in [0.25, 0.3) is 5.91 Å². The molecule has 2 aliphatic heterocycles. The van der Waals surface area contributed by atoms with Gasteiger partial charge in [-0.1, -0.05) is 19.1 Å².